The van der Waals surface area contributed by atoms with Gasteiger partial charge in [-0.05, 0) is 48.4 Å². The summed E-state index contributed by atoms with van der Waals surface area (Å²) in [6.07, 6.45) is 6.22. The standard InChI is InChI=1S/C20H17FN6O2/c21-15-8-6-13(7-9-15)16-12-23-20(24-16)25-17(28)4-1-5-18-26-19(27-29-18)14-3-2-10-22-11-14/h2-3,6-12H,1,4-5H2,(H2,23,24,25,28). The summed E-state index contributed by atoms with van der Waals surface area (Å²) in [4.78, 5) is 27.6. The van der Waals surface area contributed by atoms with Crippen molar-refractivity contribution in [2.75, 3.05) is 5.32 Å². The van der Waals surface area contributed by atoms with E-state index >= 15 is 0 Å². The van der Waals surface area contributed by atoms with Crippen LogP contribution >= 0.6 is 0 Å². The van der Waals surface area contributed by atoms with Gasteiger partial charge in [0.1, 0.15) is 5.82 Å². The Hall–Kier alpha value is -3.88. The van der Waals surface area contributed by atoms with E-state index in [1.165, 1.54) is 12.1 Å². The number of benzene rings is 1. The van der Waals surface area contributed by atoms with Gasteiger partial charge in [-0.25, -0.2) is 9.37 Å². The molecular weight excluding hydrogens is 375 g/mol. The molecule has 0 aliphatic rings. The summed E-state index contributed by atoms with van der Waals surface area (Å²) in [6, 6.07) is 9.65. The van der Waals surface area contributed by atoms with E-state index in [0.29, 0.717) is 36.2 Å². The van der Waals surface area contributed by atoms with Crippen LogP contribution in [0.15, 0.2) is 59.5 Å². The van der Waals surface area contributed by atoms with Crippen molar-refractivity contribution in [3.63, 3.8) is 0 Å². The van der Waals surface area contributed by atoms with Gasteiger partial charge in [-0.15, -0.1) is 0 Å². The maximum Gasteiger partial charge on any atom is 0.226 e. The lowest BCUT2D eigenvalue weighted by molar-refractivity contribution is -0.116. The Morgan fingerprint density at radius 1 is 1.14 bits per heavy atom. The third-order valence-corrected chi connectivity index (χ3v) is 4.17. The van der Waals surface area contributed by atoms with Gasteiger partial charge >= 0.3 is 0 Å². The van der Waals surface area contributed by atoms with Crippen LogP contribution in [-0.4, -0.2) is 31.0 Å². The van der Waals surface area contributed by atoms with E-state index in [2.05, 4.69) is 30.4 Å². The molecule has 0 bridgehead atoms. The number of nitrogens with one attached hydrogen (secondary N) is 2. The van der Waals surface area contributed by atoms with Crippen LogP contribution in [0.2, 0.25) is 0 Å². The molecule has 0 atom stereocenters. The predicted octanol–water partition coefficient (Wildman–Crippen LogP) is 3.62. The van der Waals surface area contributed by atoms with Gasteiger partial charge < -0.3 is 9.51 Å². The minimum Gasteiger partial charge on any atom is -0.339 e. The van der Waals surface area contributed by atoms with E-state index in [0.717, 1.165) is 11.1 Å². The van der Waals surface area contributed by atoms with Crippen molar-refractivity contribution in [3.8, 4) is 22.6 Å². The molecule has 1 amide bonds. The molecule has 0 unspecified atom stereocenters. The molecule has 0 spiro atoms. The van der Waals surface area contributed by atoms with Crippen molar-refractivity contribution < 1.29 is 13.7 Å². The monoisotopic (exact) mass is 392 g/mol. The quantitative estimate of drug-likeness (QED) is 0.497. The highest BCUT2D eigenvalue weighted by atomic mass is 19.1. The zero-order chi connectivity index (χ0) is 20.1. The molecule has 146 valence electrons. The SMILES string of the molecule is O=C(CCCc1nc(-c2cccnc2)no1)Nc1ncc(-c2ccc(F)cc2)[nH]1. The molecule has 4 rings (SSSR count). The molecule has 3 heterocycles. The molecule has 0 saturated carbocycles. The molecule has 8 nitrogen and oxygen atoms in total. The lowest BCUT2D eigenvalue weighted by Crippen LogP contribution is -2.12. The summed E-state index contributed by atoms with van der Waals surface area (Å²) in [6.45, 7) is 0. The molecule has 9 heteroatoms. The van der Waals surface area contributed by atoms with Crippen molar-refractivity contribution in [2.45, 2.75) is 19.3 Å². The van der Waals surface area contributed by atoms with E-state index in [1.54, 1.807) is 36.8 Å². The summed E-state index contributed by atoms with van der Waals surface area (Å²) in [5.41, 5.74) is 2.24. The first-order valence-corrected chi connectivity index (χ1v) is 9.01. The van der Waals surface area contributed by atoms with Gasteiger partial charge in [-0.1, -0.05) is 5.16 Å². The molecule has 0 aliphatic carbocycles. The Kier molecular flexibility index (Phi) is 5.37. The number of carbonyl (C=O) groups excluding carboxylic acids is 1. The average Bonchev–Trinajstić information content (AvgIpc) is 3.39. The minimum atomic E-state index is -0.310. The lowest BCUT2D eigenvalue weighted by Gasteiger charge is -2.01. The third-order valence-electron chi connectivity index (χ3n) is 4.17. The number of anilines is 1. The number of aryl methyl sites for hydroxylation is 1. The van der Waals surface area contributed by atoms with Gasteiger partial charge in [0.2, 0.25) is 23.6 Å². The van der Waals surface area contributed by atoms with Crippen LogP contribution in [0.25, 0.3) is 22.6 Å². The second-order valence-electron chi connectivity index (χ2n) is 6.31. The highest BCUT2D eigenvalue weighted by Crippen LogP contribution is 2.19. The Bertz CT molecular complexity index is 1090. The fourth-order valence-corrected chi connectivity index (χ4v) is 2.72. The summed E-state index contributed by atoms with van der Waals surface area (Å²) < 4.78 is 18.2. The lowest BCUT2D eigenvalue weighted by atomic mass is 10.2. The van der Waals surface area contributed by atoms with Crippen LogP contribution in [0.4, 0.5) is 10.3 Å². The number of halogens is 1. The number of hydrogen-bond donors (Lipinski definition) is 2. The van der Waals surface area contributed by atoms with E-state index in [1.807, 2.05) is 6.07 Å². The molecule has 2 N–H and O–H groups in total. The zero-order valence-corrected chi connectivity index (χ0v) is 15.3. The van der Waals surface area contributed by atoms with E-state index in [4.69, 9.17) is 4.52 Å². The number of aromatic amines is 1. The van der Waals surface area contributed by atoms with Crippen LogP contribution in [0, 0.1) is 5.82 Å². The number of nitrogens with zero attached hydrogens (tertiary/aromatic N) is 4. The fraction of sp³-hybridized carbons (Fsp3) is 0.150. The molecular formula is C20H17FN6O2. The first-order valence-electron chi connectivity index (χ1n) is 9.01. The molecule has 29 heavy (non-hydrogen) atoms. The number of hydrogen-bond acceptors (Lipinski definition) is 6. The van der Waals surface area contributed by atoms with Crippen molar-refractivity contribution >= 4 is 11.9 Å². The highest BCUT2D eigenvalue weighted by Gasteiger charge is 2.11. The van der Waals surface area contributed by atoms with Gasteiger partial charge in [0.15, 0.2) is 0 Å². The first kappa shape index (κ1) is 18.5. The van der Waals surface area contributed by atoms with Gasteiger partial charge in [0.25, 0.3) is 0 Å². The number of carbonyl (C=O) groups is 1. The predicted molar refractivity (Wildman–Crippen MR) is 103 cm³/mol. The third kappa shape index (κ3) is 4.70. The Morgan fingerprint density at radius 2 is 2.00 bits per heavy atom. The normalized spacial score (nSPS) is 10.8. The molecule has 0 fully saturated rings. The number of rotatable bonds is 7. The zero-order valence-electron chi connectivity index (χ0n) is 15.3. The van der Waals surface area contributed by atoms with E-state index in [-0.39, 0.29) is 18.1 Å². The van der Waals surface area contributed by atoms with Gasteiger partial charge in [-0.2, -0.15) is 4.98 Å². The molecule has 0 aliphatic heterocycles. The summed E-state index contributed by atoms with van der Waals surface area (Å²) >= 11 is 0. The van der Waals surface area contributed by atoms with E-state index < -0.39 is 0 Å². The number of imidazole rings is 1. The van der Waals surface area contributed by atoms with Crippen molar-refractivity contribution in [1.82, 2.24) is 25.1 Å². The smallest absolute Gasteiger partial charge is 0.226 e. The summed E-state index contributed by atoms with van der Waals surface area (Å²) in [5.74, 6) is 0.785. The van der Waals surface area contributed by atoms with Crippen LogP contribution in [0.5, 0.6) is 0 Å². The number of pyridine rings is 1. The van der Waals surface area contributed by atoms with Crippen LogP contribution in [0.3, 0.4) is 0 Å². The van der Waals surface area contributed by atoms with Crippen LogP contribution in [-0.2, 0) is 11.2 Å². The maximum atomic E-state index is 13.0. The number of aromatic nitrogens is 5. The average molecular weight is 392 g/mol. The fourth-order valence-electron chi connectivity index (χ4n) is 2.72. The minimum absolute atomic E-state index is 0.183. The topological polar surface area (TPSA) is 110 Å². The van der Waals surface area contributed by atoms with Crippen molar-refractivity contribution in [1.29, 1.82) is 0 Å². The second-order valence-corrected chi connectivity index (χ2v) is 6.31. The first-order chi connectivity index (χ1) is 14.2. The van der Waals surface area contributed by atoms with Crippen LogP contribution in [0.1, 0.15) is 18.7 Å². The Labute approximate surface area is 165 Å². The largest absolute Gasteiger partial charge is 0.339 e. The highest BCUT2D eigenvalue weighted by molar-refractivity contribution is 5.89. The summed E-state index contributed by atoms with van der Waals surface area (Å²) in [5, 5.41) is 6.63. The van der Waals surface area contributed by atoms with Crippen LogP contribution < -0.4 is 5.32 Å². The molecule has 0 radical (unpaired) electrons. The van der Waals surface area contributed by atoms with Gasteiger partial charge in [0, 0.05) is 30.8 Å². The second kappa shape index (κ2) is 8.42. The number of amides is 1. The van der Waals surface area contributed by atoms with Gasteiger partial charge in [-0.3, -0.25) is 15.1 Å². The summed E-state index contributed by atoms with van der Waals surface area (Å²) in [7, 11) is 0. The molecule has 1 aromatic carbocycles. The van der Waals surface area contributed by atoms with Crippen molar-refractivity contribution in [3.05, 3.63) is 66.7 Å². The maximum absolute atomic E-state index is 13.0. The Balaban J connectivity index is 1.27. The van der Waals surface area contributed by atoms with E-state index in [9.17, 15) is 9.18 Å². The Morgan fingerprint density at radius 3 is 2.79 bits per heavy atom. The van der Waals surface area contributed by atoms with Gasteiger partial charge in [0.05, 0.1) is 11.9 Å². The number of H-pyrrole nitrogens is 1. The molecule has 0 saturated heterocycles. The molecule has 3 aromatic heterocycles. The molecule has 4 aromatic rings. The van der Waals surface area contributed by atoms with Crippen molar-refractivity contribution in [2.24, 2.45) is 0 Å².